The summed E-state index contributed by atoms with van der Waals surface area (Å²) >= 11 is 0. The van der Waals surface area contributed by atoms with Gasteiger partial charge in [0.2, 0.25) is 0 Å². The predicted molar refractivity (Wildman–Crippen MR) is 89.7 cm³/mol. The summed E-state index contributed by atoms with van der Waals surface area (Å²) in [7, 11) is 0. The zero-order valence-corrected chi connectivity index (χ0v) is 14.5. The second-order valence-electron chi connectivity index (χ2n) is 7.82. The van der Waals surface area contributed by atoms with Gasteiger partial charge in [0.05, 0.1) is 6.61 Å². The SMILES string of the molecule is Cc1cc(C(C)(C)C)cc(C)c1CN1CCC(C)C1CO. The van der Waals surface area contributed by atoms with Gasteiger partial charge in [-0.2, -0.15) is 0 Å². The molecule has 1 aromatic carbocycles. The summed E-state index contributed by atoms with van der Waals surface area (Å²) in [5.41, 5.74) is 5.82. The lowest BCUT2D eigenvalue weighted by Crippen LogP contribution is -2.35. The van der Waals surface area contributed by atoms with Crippen LogP contribution in [-0.4, -0.2) is 29.2 Å². The zero-order valence-electron chi connectivity index (χ0n) is 14.5. The van der Waals surface area contributed by atoms with Crippen LogP contribution < -0.4 is 0 Å². The number of benzene rings is 1. The summed E-state index contributed by atoms with van der Waals surface area (Å²) in [6.45, 7) is 15.9. The molecule has 1 heterocycles. The Morgan fingerprint density at radius 2 is 1.76 bits per heavy atom. The van der Waals surface area contributed by atoms with Crippen molar-refractivity contribution < 1.29 is 5.11 Å². The summed E-state index contributed by atoms with van der Waals surface area (Å²) in [5.74, 6) is 0.601. The van der Waals surface area contributed by atoms with E-state index in [0.29, 0.717) is 12.0 Å². The fourth-order valence-corrected chi connectivity index (χ4v) is 3.46. The summed E-state index contributed by atoms with van der Waals surface area (Å²) in [5, 5.41) is 9.63. The molecular formula is C19H31NO. The molecular weight excluding hydrogens is 258 g/mol. The second kappa shape index (κ2) is 6.10. The van der Waals surface area contributed by atoms with Crippen molar-refractivity contribution in [3.8, 4) is 0 Å². The number of hydrogen-bond acceptors (Lipinski definition) is 2. The Labute approximate surface area is 130 Å². The molecule has 0 aromatic heterocycles. The van der Waals surface area contributed by atoms with Crippen LogP contribution in [0.2, 0.25) is 0 Å². The highest BCUT2D eigenvalue weighted by Crippen LogP contribution is 2.30. The van der Waals surface area contributed by atoms with Crippen molar-refractivity contribution in [1.82, 2.24) is 4.90 Å². The van der Waals surface area contributed by atoms with E-state index < -0.39 is 0 Å². The number of aliphatic hydroxyl groups is 1. The molecule has 2 rings (SSSR count). The van der Waals surface area contributed by atoms with Gasteiger partial charge < -0.3 is 5.11 Å². The fraction of sp³-hybridized carbons (Fsp3) is 0.684. The number of rotatable bonds is 3. The quantitative estimate of drug-likeness (QED) is 0.915. The van der Waals surface area contributed by atoms with Gasteiger partial charge in [-0.15, -0.1) is 0 Å². The number of hydrogen-bond donors (Lipinski definition) is 1. The first-order valence-corrected chi connectivity index (χ1v) is 8.19. The van der Waals surface area contributed by atoms with Crippen molar-refractivity contribution in [3.05, 3.63) is 34.4 Å². The molecule has 0 saturated carbocycles. The molecule has 2 nitrogen and oxygen atoms in total. The van der Waals surface area contributed by atoms with Crippen LogP contribution in [0.25, 0.3) is 0 Å². The van der Waals surface area contributed by atoms with E-state index in [1.165, 1.54) is 28.7 Å². The Morgan fingerprint density at radius 1 is 1.19 bits per heavy atom. The van der Waals surface area contributed by atoms with E-state index in [4.69, 9.17) is 0 Å². The van der Waals surface area contributed by atoms with E-state index in [1.807, 2.05) is 0 Å². The summed E-state index contributed by atoms with van der Waals surface area (Å²) in [4.78, 5) is 2.46. The van der Waals surface area contributed by atoms with Crippen molar-refractivity contribution in [3.63, 3.8) is 0 Å². The minimum atomic E-state index is 0.198. The molecule has 0 radical (unpaired) electrons. The van der Waals surface area contributed by atoms with E-state index in [0.717, 1.165) is 13.1 Å². The number of likely N-dealkylation sites (tertiary alicyclic amines) is 1. The van der Waals surface area contributed by atoms with Crippen LogP contribution in [0, 0.1) is 19.8 Å². The molecule has 21 heavy (non-hydrogen) atoms. The van der Waals surface area contributed by atoms with Crippen LogP contribution in [0.15, 0.2) is 12.1 Å². The molecule has 1 aliphatic rings. The van der Waals surface area contributed by atoms with Crippen molar-refractivity contribution in [2.24, 2.45) is 5.92 Å². The number of aliphatic hydroxyl groups excluding tert-OH is 1. The number of aryl methyl sites for hydroxylation is 2. The molecule has 0 amide bonds. The van der Waals surface area contributed by atoms with Gasteiger partial charge in [-0.25, -0.2) is 0 Å². The Balaban J connectivity index is 2.25. The summed E-state index contributed by atoms with van der Waals surface area (Å²) in [6.07, 6.45) is 1.20. The van der Waals surface area contributed by atoms with E-state index in [1.54, 1.807) is 0 Å². The highest BCUT2D eigenvalue weighted by atomic mass is 16.3. The van der Waals surface area contributed by atoms with Gasteiger partial charge >= 0.3 is 0 Å². The lowest BCUT2D eigenvalue weighted by Gasteiger charge is -2.28. The third-order valence-corrected chi connectivity index (χ3v) is 5.11. The lowest BCUT2D eigenvalue weighted by molar-refractivity contribution is 0.134. The molecule has 2 heteroatoms. The molecule has 0 aliphatic carbocycles. The summed E-state index contributed by atoms with van der Waals surface area (Å²) in [6, 6.07) is 5.01. The molecule has 0 bridgehead atoms. The monoisotopic (exact) mass is 289 g/mol. The average Bonchev–Trinajstić information content (AvgIpc) is 2.72. The van der Waals surface area contributed by atoms with Gasteiger partial charge in [-0.3, -0.25) is 4.90 Å². The lowest BCUT2D eigenvalue weighted by atomic mass is 9.83. The maximum Gasteiger partial charge on any atom is 0.0589 e. The Bertz CT molecular complexity index is 478. The molecule has 1 fully saturated rings. The van der Waals surface area contributed by atoms with Crippen molar-refractivity contribution in [2.75, 3.05) is 13.2 Å². The molecule has 0 spiro atoms. The van der Waals surface area contributed by atoms with Gasteiger partial charge in [0, 0.05) is 12.6 Å². The van der Waals surface area contributed by atoms with Crippen LogP contribution in [0.1, 0.15) is 56.4 Å². The van der Waals surface area contributed by atoms with E-state index >= 15 is 0 Å². The first-order valence-electron chi connectivity index (χ1n) is 8.19. The second-order valence-corrected chi connectivity index (χ2v) is 7.82. The van der Waals surface area contributed by atoms with Crippen LogP contribution in [0.5, 0.6) is 0 Å². The van der Waals surface area contributed by atoms with Crippen LogP contribution in [0.3, 0.4) is 0 Å². The molecule has 1 aliphatic heterocycles. The fourth-order valence-electron chi connectivity index (χ4n) is 3.46. The Kier molecular flexibility index (Phi) is 4.79. The molecule has 1 saturated heterocycles. The normalized spacial score (nSPS) is 23.8. The van der Waals surface area contributed by atoms with Crippen LogP contribution >= 0.6 is 0 Å². The Morgan fingerprint density at radius 3 is 2.24 bits per heavy atom. The highest BCUT2D eigenvalue weighted by Gasteiger charge is 2.31. The zero-order chi connectivity index (χ0) is 15.8. The standard InChI is InChI=1S/C19H31NO/c1-13-7-8-20(18(13)12-21)11-17-14(2)9-16(10-15(17)3)19(4,5)6/h9-10,13,18,21H,7-8,11-12H2,1-6H3. The first kappa shape index (κ1) is 16.5. The van der Waals surface area contributed by atoms with Gasteiger partial charge in [-0.05, 0) is 60.4 Å². The van der Waals surface area contributed by atoms with Gasteiger partial charge in [0.15, 0.2) is 0 Å². The van der Waals surface area contributed by atoms with Gasteiger partial charge in [0.25, 0.3) is 0 Å². The molecule has 1 aromatic rings. The highest BCUT2D eigenvalue weighted by molar-refractivity contribution is 5.40. The molecule has 1 N–H and O–H groups in total. The van der Waals surface area contributed by atoms with E-state index in [-0.39, 0.29) is 12.0 Å². The van der Waals surface area contributed by atoms with E-state index in [9.17, 15) is 5.11 Å². The van der Waals surface area contributed by atoms with Crippen molar-refractivity contribution >= 4 is 0 Å². The van der Waals surface area contributed by atoms with E-state index in [2.05, 4.69) is 58.6 Å². The first-order chi connectivity index (χ1) is 9.74. The largest absolute Gasteiger partial charge is 0.395 e. The average molecular weight is 289 g/mol. The van der Waals surface area contributed by atoms with Crippen LogP contribution in [0.4, 0.5) is 0 Å². The maximum absolute atomic E-state index is 9.63. The third kappa shape index (κ3) is 3.49. The molecule has 2 unspecified atom stereocenters. The molecule has 118 valence electrons. The maximum atomic E-state index is 9.63. The van der Waals surface area contributed by atoms with Crippen molar-refractivity contribution in [2.45, 2.75) is 66.0 Å². The van der Waals surface area contributed by atoms with Gasteiger partial charge in [0.1, 0.15) is 0 Å². The summed E-state index contributed by atoms with van der Waals surface area (Å²) < 4.78 is 0. The van der Waals surface area contributed by atoms with Gasteiger partial charge in [-0.1, -0.05) is 39.8 Å². The van der Waals surface area contributed by atoms with Crippen molar-refractivity contribution in [1.29, 1.82) is 0 Å². The number of nitrogens with zero attached hydrogens (tertiary/aromatic N) is 1. The Hall–Kier alpha value is -0.860. The smallest absolute Gasteiger partial charge is 0.0589 e. The predicted octanol–water partition coefficient (Wildman–Crippen LogP) is 3.80. The minimum Gasteiger partial charge on any atom is -0.395 e. The third-order valence-electron chi connectivity index (χ3n) is 5.11. The topological polar surface area (TPSA) is 23.5 Å². The molecule has 2 atom stereocenters. The minimum absolute atomic E-state index is 0.198. The van der Waals surface area contributed by atoms with Crippen LogP contribution in [-0.2, 0) is 12.0 Å².